The van der Waals surface area contributed by atoms with Gasteiger partial charge in [-0.2, -0.15) is 13.2 Å². The number of carboxylic acids is 3. The van der Waals surface area contributed by atoms with E-state index in [0.717, 1.165) is 228 Å². The lowest BCUT2D eigenvalue weighted by Gasteiger charge is -2.26. The second kappa shape index (κ2) is 47.0. The Kier molecular flexibility index (Phi) is 32.0. The predicted octanol–water partition coefficient (Wildman–Crippen LogP) is 23.5. The number of pyridine rings is 5. The van der Waals surface area contributed by atoms with Gasteiger partial charge in [-0.15, -0.1) is 0 Å². The average Bonchev–Trinajstić information content (AvgIpc) is 0.939. The number of para-hydroxylation sites is 4. The number of anilines is 12. The molecule has 10 N–H and O–H groups in total. The number of fused-ring (bicyclic) bond motifs is 15. The minimum absolute atomic E-state index is 0.0109. The summed E-state index contributed by atoms with van der Waals surface area (Å²) in [6, 6.07) is 69.8. The van der Waals surface area contributed by atoms with Crippen LogP contribution >= 0.6 is 0 Å². The number of carboxylic acid groups (broad SMARTS) is 3. The van der Waals surface area contributed by atoms with Gasteiger partial charge in [0.25, 0.3) is 0 Å². The van der Waals surface area contributed by atoms with Crippen LogP contribution in [0.25, 0.3) is 109 Å². The summed E-state index contributed by atoms with van der Waals surface area (Å²) in [6.45, 7) is 18.2. The van der Waals surface area contributed by atoms with E-state index in [1.54, 1.807) is 68.7 Å². The molecule has 20 aromatic rings. The molecule has 0 amide bonds. The number of morpholine rings is 1. The first-order valence-electron chi connectivity index (χ1n) is 49.3. The third-order valence-corrected chi connectivity index (χ3v) is 25.3. The van der Waals surface area contributed by atoms with Gasteiger partial charge >= 0.3 is 24.1 Å². The highest BCUT2D eigenvalue weighted by molar-refractivity contribution is 6.15. The lowest BCUT2D eigenvalue weighted by Crippen LogP contribution is -2.36. The average molecular weight is 2010 g/mol. The Balaban J connectivity index is 0.000000123. The third kappa shape index (κ3) is 25.0. The maximum atomic E-state index is 13.0. The molecular weight excluding hydrogens is 1910 g/mol. The van der Waals surface area contributed by atoms with Gasteiger partial charge in [-0.05, 0) is 194 Å². The van der Waals surface area contributed by atoms with Crippen molar-refractivity contribution in [1.82, 2.24) is 84.6 Å². The number of rotatable bonds is 31. The van der Waals surface area contributed by atoms with Crippen LogP contribution in [0.15, 0.2) is 274 Å². The number of nitrogens with one attached hydrogen (secondary N) is 7. The van der Waals surface area contributed by atoms with Crippen LogP contribution < -0.4 is 37.2 Å². The summed E-state index contributed by atoms with van der Waals surface area (Å²) in [6.07, 6.45) is 13.7. The van der Waals surface area contributed by atoms with E-state index < -0.39 is 29.6 Å². The fraction of sp³-hybridized carbons (Fsp3) is 0.211. The zero-order chi connectivity index (χ0) is 104. The normalized spacial score (nSPS) is 12.5. The van der Waals surface area contributed by atoms with Gasteiger partial charge in [-0.25, -0.2) is 89.1 Å². The van der Waals surface area contributed by atoms with Gasteiger partial charge in [0.2, 0.25) is 11.9 Å². The first-order chi connectivity index (χ1) is 72.9. The maximum Gasteiger partial charge on any atom is 0.416 e. The van der Waals surface area contributed by atoms with Gasteiger partial charge in [0.05, 0.1) is 63.1 Å². The number of carbonyl (C=O) groups is 5. The zero-order valence-electron chi connectivity index (χ0n) is 82.6. The Labute approximate surface area is 858 Å². The number of ether oxygens (including phenoxy) is 1. The van der Waals surface area contributed by atoms with Crippen molar-refractivity contribution < 1.29 is 57.2 Å². The van der Waals surface area contributed by atoms with Crippen molar-refractivity contribution in [3.05, 3.63) is 319 Å². The molecule has 33 nitrogen and oxygen atoms in total. The van der Waals surface area contributed by atoms with Crippen molar-refractivity contribution in [3.63, 3.8) is 0 Å². The standard InChI is InChI=1S/C27H29N5O2.C25H27N5O2.C22H21N5O.C21H17N5O2.C19H11F3N4O2/c1-19(33)20-10-11-22-23-18-28-25(9-5-6-12-32-13-15-34-16-14-32)31-26(23)27(30-24(22)17-20)29-21-7-3-2-4-8-21;1-3-30(4-2)14-8-11-22-26-16-20-19-13-12-17(25(31)32)15-21(19)28-24(23(20)29-22)27-18-9-6-5-7-10-18;1-3-11-23-22-24-13-18-17-10-9-15(14(2)28)12-19(17)26-21(20(18)27-22)25-16-7-5-4-6-8-16;27-20(28)12-6-9-15-16-11-22-21(24-14-7-8-14)26-18(16)19(25-17(15)10-12)23-13-4-2-1-3-5-13;20-19(21,22)11-2-1-3-12(7-11)25-17-16-14(8-23-9-24-16)13-5-4-10(18(27)28)6-15(13)26-17/h2-4,7-8,10-11,17-18H,5-6,9,12-16H2,1H3,(H,29,30);5-7,9-10,12-13,15-16H,3-4,8,11,14H2,1-2H3,(H,27,28)(H,31,32);4-10,12-13H,3,11H2,1-2H3,(H,25,26)(H,23,24,27);1-6,9-11,14H,7-8H2,(H,23,25)(H,27,28)(H,22,24,26);1-9H,(H,25,26)(H,27,28). The Hall–Kier alpha value is -18.0. The van der Waals surface area contributed by atoms with E-state index in [1.807, 2.05) is 176 Å². The van der Waals surface area contributed by atoms with Crippen LogP contribution in [0.2, 0.25) is 0 Å². The molecule has 36 heteroatoms. The topological polar surface area (TPSA) is 439 Å². The van der Waals surface area contributed by atoms with E-state index in [4.69, 9.17) is 39.6 Å². The number of Topliss-reactive ketones (excluding diaryl/α,β-unsaturated/α-hetero) is 2. The Morgan fingerprint density at radius 2 is 0.753 bits per heavy atom. The first-order valence-corrected chi connectivity index (χ1v) is 49.3. The van der Waals surface area contributed by atoms with Crippen LogP contribution in [-0.4, -0.2) is 194 Å². The van der Waals surface area contributed by atoms with Gasteiger partial charge in [0, 0.05) is 163 Å². The number of carbonyl (C=O) groups excluding carboxylic acids is 2. The number of aromatic carboxylic acids is 3. The van der Waals surface area contributed by atoms with Crippen LogP contribution in [0, 0.1) is 0 Å². The quantitative estimate of drug-likeness (QED) is 0.0110. The molecule has 11 heterocycles. The van der Waals surface area contributed by atoms with Crippen molar-refractivity contribution in [2.45, 2.75) is 98.2 Å². The Bertz CT molecular complexity index is 8400. The second-order valence-corrected chi connectivity index (χ2v) is 35.8. The van der Waals surface area contributed by atoms with Gasteiger partial charge in [-0.3, -0.25) is 14.5 Å². The number of benzene rings is 10. The molecule has 1 aliphatic carbocycles. The van der Waals surface area contributed by atoms with E-state index in [1.165, 1.54) is 30.6 Å². The molecule has 0 unspecified atom stereocenters. The zero-order valence-corrected chi connectivity index (χ0v) is 82.6. The van der Waals surface area contributed by atoms with E-state index in [9.17, 15) is 52.5 Å². The molecule has 10 aromatic carbocycles. The number of alkyl halides is 3. The van der Waals surface area contributed by atoms with Crippen LogP contribution in [0.5, 0.6) is 0 Å². The summed E-state index contributed by atoms with van der Waals surface area (Å²) in [5, 5.41) is 58.9. The first kappa shape index (κ1) is 102. The lowest BCUT2D eigenvalue weighted by atomic mass is 10.1. The number of aryl methyl sites for hydroxylation is 2. The molecule has 0 spiro atoms. The smallest absolute Gasteiger partial charge is 0.416 e. The van der Waals surface area contributed by atoms with Crippen LogP contribution in [0.1, 0.15) is 142 Å². The van der Waals surface area contributed by atoms with Crippen LogP contribution in [0.4, 0.5) is 82.6 Å². The summed E-state index contributed by atoms with van der Waals surface area (Å²) in [5.41, 5.74) is 11.1. The van der Waals surface area contributed by atoms with Crippen molar-refractivity contribution in [2.24, 2.45) is 0 Å². The molecule has 150 heavy (non-hydrogen) atoms. The highest BCUT2D eigenvalue weighted by Gasteiger charge is 2.31. The lowest BCUT2D eigenvalue weighted by molar-refractivity contribution is -0.137. The maximum absolute atomic E-state index is 13.0. The number of ketones is 2. The molecule has 756 valence electrons. The molecule has 2 aliphatic rings. The molecule has 1 aliphatic heterocycles. The Morgan fingerprint density at radius 3 is 1.15 bits per heavy atom. The number of nitrogens with zero attached hydrogens (tertiary/aromatic N) is 17. The van der Waals surface area contributed by atoms with Crippen molar-refractivity contribution >= 4 is 208 Å². The van der Waals surface area contributed by atoms with Crippen molar-refractivity contribution in [3.8, 4) is 0 Å². The summed E-state index contributed by atoms with van der Waals surface area (Å²) in [7, 11) is 0. The van der Waals surface area contributed by atoms with E-state index in [-0.39, 0.29) is 39.8 Å². The molecule has 0 atom stereocenters. The molecule has 0 bridgehead atoms. The fourth-order valence-electron chi connectivity index (χ4n) is 17.3. The number of hydrogen-bond acceptors (Lipinski definition) is 30. The summed E-state index contributed by atoms with van der Waals surface area (Å²) < 4.78 is 44.3. The Morgan fingerprint density at radius 1 is 0.387 bits per heavy atom. The van der Waals surface area contributed by atoms with E-state index in [0.29, 0.717) is 90.7 Å². The SMILES string of the molecule is CC(=O)c1ccc2c(c1)nc(Nc1ccccc1)c1nc(CCCCN3CCOCC3)ncc12.CCCNc1ncc2c(n1)c(Nc1ccccc1)nc1cc(C(C)=O)ccc12.CCN(CC)CCCc1ncc2c(n1)c(Nc1ccccc1)nc1cc(C(=O)O)ccc12.O=C(O)c1ccc2c(c1)nc(Nc1cccc(C(F)(F)F)c1)c1ncncc12.O=C(O)c1ccc2c(c1)nc(Nc1ccccc1)c1nc(NC3CC3)ncc12. The van der Waals surface area contributed by atoms with Gasteiger partial charge in [-0.1, -0.05) is 142 Å². The molecule has 10 aromatic heterocycles. The monoisotopic (exact) mass is 2010 g/mol. The molecule has 1 saturated carbocycles. The number of aromatic nitrogens is 15. The van der Waals surface area contributed by atoms with Crippen LogP contribution in [-0.2, 0) is 23.8 Å². The molecule has 22 rings (SSSR count). The highest BCUT2D eigenvalue weighted by Crippen LogP contribution is 2.40. The number of hydrogen-bond donors (Lipinski definition) is 10. The van der Waals surface area contributed by atoms with Crippen LogP contribution in [0.3, 0.4) is 0 Å². The van der Waals surface area contributed by atoms with Gasteiger partial charge < -0.3 is 62.2 Å². The van der Waals surface area contributed by atoms with Crippen molar-refractivity contribution in [2.75, 3.05) is 96.2 Å². The second-order valence-electron chi connectivity index (χ2n) is 35.8. The summed E-state index contributed by atoms with van der Waals surface area (Å²) >= 11 is 0. The third-order valence-electron chi connectivity index (χ3n) is 25.3. The van der Waals surface area contributed by atoms with E-state index >= 15 is 0 Å². The summed E-state index contributed by atoms with van der Waals surface area (Å²) in [5.74, 6) is 2.38. The molecule has 2 fully saturated rings. The van der Waals surface area contributed by atoms with E-state index in [2.05, 4.69) is 108 Å². The highest BCUT2D eigenvalue weighted by atomic mass is 19.4. The summed E-state index contributed by atoms with van der Waals surface area (Å²) in [4.78, 5) is 132. The minimum Gasteiger partial charge on any atom is -0.478 e. The fourth-order valence-corrected chi connectivity index (χ4v) is 17.3. The molecular formula is C114H105F3N24O9. The van der Waals surface area contributed by atoms with Gasteiger partial charge in [0.15, 0.2) is 40.7 Å². The van der Waals surface area contributed by atoms with Crippen molar-refractivity contribution in [1.29, 1.82) is 0 Å². The molecule has 0 radical (unpaired) electrons. The predicted molar refractivity (Wildman–Crippen MR) is 580 cm³/mol. The number of halogens is 3. The number of unbranched alkanes of at least 4 members (excludes halogenated alkanes) is 1. The van der Waals surface area contributed by atoms with Gasteiger partial charge in [0.1, 0.15) is 45.6 Å². The minimum atomic E-state index is -4.48. The largest absolute Gasteiger partial charge is 0.478 e. The molecule has 1 saturated heterocycles.